The summed E-state index contributed by atoms with van der Waals surface area (Å²) in [5.74, 6) is 1.29. The first kappa shape index (κ1) is 27.7. The Kier molecular flexibility index (Phi) is 9.03. The average molecular weight is 511 g/mol. The highest BCUT2D eigenvalue weighted by atomic mass is 16.5. The number of ether oxygens (including phenoxy) is 2. The number of carbonyl (C=O) groups is 1. The normalized spacial score (nSPS) is 28.1. The molecule has 7 heteroatoms. The van der Waals surface area contributed by atoms with Gasteiger partial charge in [-0.1, -0.05) is 36.4 Å². The Balaban J connectivity index is 1.67. The van der Waals surface area contributed by atoms with Crippen LogP contribution in [0, 0.1) is 12.8 Å². The number of aldehydes is 1. The van der Waals surface area contributed by atoms with E-state index < -0.39 is 23.3 Å². The van der Waals surface area contributed by atoms with Crippen molar-refractivity contribution in [1.82, 2.24) is 4.90 Å². The van der Waals surface area contributed by atoms with Gasteiger partial charge in [0.25, 0.3) is 0 Å². The number of hydrogen-bond donors (Lipinski definition) is 3. The van der Waals surface area contributed by atoms with E-state index in [0.717, 1.165) is 55.4 Å². The molecule has 0 amide bonds. The molecule has 1 heterocycles. The van der Waals surface area contributed by atoms with Gasteiger partial charge in [0, 0.05) is 44.2 Å². The number of hydrogen-bond acceptors (Lipinski definition) is 7. The quantitative estimate of drug-likeness (QED) is 0.311. The maximum absolute atomic E-state index is 12.5. The zero-order valence-electron chi connectivity index (χ0n) is 22.1. The third-order valence-electron chi connectivity index (χ3n) is 8.42. The number of likely N-dealkylation sites (tertiary alicyclic amines) is 1. The number of aliphatic hydroxyl groups excluding tert-OH is 1. The van der Waals surface area contributed by atoms with Gasteiger partial charge in [-0.2, -0.15) is 0 Å². The number of aryl methyl sites for hydroxylation is 1. The van der Waals surface area contributed by atoms with Gasteiger partial charge in [-0.05, 0) is 69.7 Å². The fraction of sp³-hybridized carbons (Fsp3) is 0.567. The molecule has 1 saturated carbocycles. The van der Waals surface area contributed by atoms with Crippen LogP contribution in [0.1, 0.15) is 56.1 Å². The van der Waals surface area contributed by atoms with Crippen molar-refractivity contribution in [2.75, 3.05) is 26.8 Å². The standard InChI is InChI=1S/C30H42N2O5/c1-22-10-3-5-13-27(22)37-28-14-6-4-12-24(28)30(35,15-7-8-17-36-2)23-11-9-16-32(20-23)29(21-33)18-25(31)26(34)19-29/h3-6,10,12-14,21,23,25-26,34-35H,7-9,11,15-20,31H2,1-2H3/t23-,25-,26-,29+,30+/m1/s1. The van der Waals surface area contributed by atoms with Crippen molar-refractivity contribution in [3.05, 3.63) is 59.7 Å². The summed E-state index contributed by atoms with van der Waals surface area (Å²) >= 11 is 0. The zero-order chi connectivity index (χ0) is 26.5. The first-order valence-corrected chi connectivity index (χ1v) is 13.5. The summed E-state index contributed by atoms with van der Waals surface area (Å²) < 4.78 is 11.7. The molecule has 2 aromatic carbocycles. The molecular formula is C30H42N2O5. The first-order valence-electron chi connectivity index (χ1n) is 13.5. The predicted octanol–water partition coefficient (Wildman–Crippen LogP) is 3.92. The summed E-state index contributed by atoms with van der Waals surface area (Å²) in [5, 5.41) is 22.9. The number of rotatable bonds is 11. The lowest BCUT2D eigenvalue weighted by molar-refractivity contribution is -0.125. The van der Waals surface area contributed by atoms with Crippen LogP contribution in [-0.4, -0.2) is 65.9 Å². The number of carbonyl (C=O) groups excluding carboxylic acids is 1. The van der Waals surface area contributed by atoms with Gasteiger partial charge in [0.2, 0.25) is 0 Å². The van der Waals surface area contributed by atoms with Crippen molar-refractivity contribution in [1.29, 1.82) is 0 Å². The summed E-state index contributed by atoms with van der Waals surface area (Å²) in [5.41, 5.74) is 5.98. The van der Waals surface area contributed by atoms with Gasteiger partial charge in [0.15, 0.2) is 0 Å². The molecule has 202 valence electrons. The topological polar surface area (TPSA) is 105 Å². The second kappa shape index (κ2) is 12.0. The van der Waals surface area contributed by atoms with E-state index in [0.29, 0.717) is 38.2 Å². The molecule has 1 aliphatic carbocycles. The molecule has 0 spiro atoms. The summed E-state index contributed by atoms with van der Waals surface area (Å²) in [4.78, 5) is 14.5. The second-order valence-corrected chi connectivity index (χ2v) is 10.9. The predicted molar refractivity (Wildman–Crippen MR) is 144 cm³/mol. The van der Waals surface area contributed by atoms with Crippen LogP contribution in [-0.2, 0) is 15.1 Å². The van der Waals surface area contributed by atoms with E-state index in [2.05, 4.69) is 4.90 Å². The molecule has 1 aliphatic heterocycles. The summed E-state index contributed by atoms with van der Waals surface area (Å²) in [6.45, 7) is 3.94. The SMILES string of the molecule is COCCCC[C@@](O)(c1ccccc1Oc1ccccc1C)[C@@H]1CCCN([C@@]2(C=O)C[C@@H](N)[C@H](O)C2)C1. The molecule has 37 heavy (non-hydrogen) atoms. The third-order valence-corrected chi connectivity index (χ3v) is 8.42. The fourth-order valence-corrected chi connectivity index (χ4v) is 6.24. The van der Waals surface area contributed by atoms with Gasteiger partial charge in [-0.3, -0.25) is 4.90 Å². The molecular weight excluding hydrogens is 468 g/mol. The number of piperidine rings is 1. The van der Waals surface area contributed by atoms with E-state index in [1.165, 1.54) is 0 Å². The minimum atomic E-state index is -1.16. The van der Waals surface area contributed by atoms with Crippen LogP contribution >= 0.6 is 0 Å². The van der Waals surface area contributed by atoms with Crippen molar-refractivity contribution in [2.24, 2.45) is 11.7 Å². The van der Waals surface area contributed by atoms with Gasteiger partial charge in [-0.25, -0.2) is 0 Å². The van der Waals surface area contributed by atoms with Crippen molar-refractivity contribution in [2.45, 2.75) is 75.2 Å². The van der Waals surface area contributed by atoms with Gasteiger partial charge in [-0.15, -0.1) is 0 Å². The average Bonchev–Trinajstić information content (AvgIpc) is 3.22. The second-order valence-electron chi connectivity index (χ2n) is 10.9. The van der Waals surface area contributed by atoms with E-state index in [4.69, 9.17) is 15.2 Å². The highest BCUT2D eigenvalue weighted by molar-refractivity contribution is 5.65. The Labute approximate surface area is 220 Å². The Bertz CT molecular complexity index is 1040. The smallest absolute Gasteiger partial charge is 0.140 e. The Hall–Kier alpha value is -2.29. The Morgan fingerprint density at radius 1 is 1.14 bits per heavy atom. The van der Waals surface area contributed by atoms with E-state index >= 15 is 0 Å². The number of methoxy groups -OCH3 is 1. The Morgan fingerprint density at radius 2 is 1.86 bits per heavy atom. The van der Waals surface area contributed by atoms with E-state index in [9.17, 15) is 15.0 Å². The van der Waals surface area contributed by atoms with Crippen LogP contribution in [0.25, 0.3) is 0 Å². The fourth-order valence-electron chi connectivity index (χ4n) is 6.24. The number of nitrogens with two attached hydrogens (primary N) is 1. The molecule has 7 nitrogen and oxygen atoms in total. The molecule has 0 bridgehead atoms. The summed E-state index contributed by atoms with van der Waals surface area (Å²) in [7, 11) is 1.69. The van der Waals surface area contributed by atoms with Crippen LogP contribution < -0.4 is 10.5 Å². The van der Waals surface area contributed by atoms with Crippen molar-refractivity contribution < 1.29 is 24.5 Å². The highest BCUT2D eigenvalue weighted by Gasteiger charge is 2.51. The van der Waals surface area contributed by atoms with Gasteiger partial charge >= 0.3 is 0 Å². The number of nitrogens with zero attached hydrogens (tertiary/aromatic N) is 1. The molecule has 2 aromatic rings. The van der Waals surface area contributed by atoms with Crippen molar-refractivity contribution >= 4 is 6.29 Å². The monoisotopic (exact) mass is 510 g/mol. The number of aliphatic hydroxyl groups is 2. The highest BCUT2D eigenvalue weighted by Crippen LogP contribution is 2.46. The number of benzene rings is 2. The van der Waals surface area contributed by atoms with Gasteiger partial charge in [0.05, 0.1) is 17.2 Å². The number of para-hydroxylation sites is 2. The van der Waals surface area contributed by atoms with Crippen LogP contribution in [0.5, 0.6) is 11.5 Å². The molecule has 2 fully saturated rings. The molecule has 4 rings (SSSR count). The molecule has 5 atom stereocenters. The van der Waals surface area contributed by atoms with Crippen LogP contribution in [0.2, 0.25) is 0 Å². The molecule has 0 aromatic heterocycles. The maximum Gasteiger partial charge on any atom is 0.140 e. The molecule has 4 N–H and O–H groups in total. The van der Waals surface area contributed by atoms with Crippen molar-refractivity contribution in [3.8, 4) is 11.5 Å². The van der Waals surface area contributed by atoms with E-state index in [1.807, 2.05) is 55.5 Å². The lowest BCUT2D eigenvalue weighted by atomic mass is 9.73. The molecule has 0 radical (unpaired) electrons. The first-order chi connectivity index (χ1) is 17.8. The minimum Gasteiger partial charge on any atom is -0.457 e. The minimum absolute atomic E-state index is 0.115. The van der Waals surface area contributed by atoms with Crippen LogP contribution in [0.3, 0.4) is 0 Å². The summed E-state index contributed by atoms with van der Waals surface area (Å²) in [6.07, 6.45) is 4.93. The van der Waals surface area contributed by atoms with E-state index in [1.54, 1.807) is 7.11 Å². The van der Waals surface area contributed by atoms with Gasteiger partial charge in [0.1, 0.15) is 17.8 Å². The largest absolute Gasteiger partial charge is 0.457 e. The van der Waals surface area contributed by atoms with Crippen LogP contribution in [0.15, 0.2) is 48.5 Å². The lowest BCUT2D eigenvalue weighted by Crippen LogP contribution is -2.56. The Morgan fingerprint density at radius 3 is 2.54 bits per heavy atom. The third kappa shape index (κ3) is 5.91. The van der Waals surface area contributed by atoms with Crippen LogP contribution in [0.4, 0.5) is 0 Å². The molecule has 0 unspecified atom stereocenters. The molecule has 1 saturated heterocycles. The zero-order valence-corrected chi connectivity index (χ0v) is 22.1. The lowest BCUT2D eigenvalue weighted by Gasteiger charge is -2.47. The van der Waals surface area contributed by atoms with Crippen molar-refractivity contribution in [3.63, 3.8) is 0 Å². The molecule has 2 aliphatic rings. The summed E-state index contributed by atoms with van der Waals surface area (Å²) in [6, 6.07) is 15.2. The van der Waals surface area contributed by atoms with Gasteiger partial charge < -0.3 is 30.2 Å². The van der Waals surface area contributed by atoms with E-state index in [-0.39, 0.29) is 5.92 Å². The maximum atomic E-state index is 12.5. The number of unbranched alkanes of at least 4 members (excludes halogenated alkanes) is 1.